The van der Waals surface area contributed by atoms with E-state index in [1.807, 2.05) is 0 Å². The Morgan fingerprint density at radius 2 is 1.87 bits per heavy atom. The summed E-state index contributed by atoms with van der Waals surface area (Å²) in [5, 5.41) is 13.0. The molecule has 0 spiro atoms. The summed E-state index contributed by atoms with van der Waals surface area (Å²) in [5.41, 5.74) is 2.05. The molecule has 160 valence electrons. The van der Waals surface area contributed by atoms with Crippen molar-refractivity contribution in [3.8, 4) is 11.4 Å². The highest BCUT2D eigenvalue weighted by Gasteiger charge is 2.13. The Hall–Kier alpha value is -3.37. The van der Waals surface area contributed by atoms with Crippen molar-refractivity contribution in [1.29, 1.82) is 0 Å². The summed E-state index contributed by atoms with van der Waals surface area (Å²) in [6.45, 7) is 1.44. The van der Waals surface area contributed by atoms with Gasteiger partial charge in [0.1, 0.15) is 0 Å². The average molecular weight is 460 g/mol. The second kappa shape index (κ2) is 10.1. The van der Waals surface area contributed by atoms with Crippen LogP contribution in [0.5, 0.6) is 0 Å². The van der Waals surface area contributed by atoms with Gasteiger partial charge in [0.25, 0.3) is 0 Å². The molecule has 3 aromatic rings. The van der Waals surface area contributed by atoms with E-state index >= 15 is 0 Å². The summed E-state index contributed by atoms with van der Waals surface area (Å²) in [5.74, 6) is -0.439. The Balaban J connectivity index is 1.59. The summed E-state index contributed by atoms with van der Waals surface area (Å²) in [7, 11) is 1.27. The Bertz CT molecular complexity index is 1120. The normalized spacial score (nSPS) is 10.4. The highest BCUT2D eigenvalue weighted by Crippen LogP contribution is 2.25. The first-order valence-corrected chi connectivity index (χ1v) is 10.3. The SMILES string of the molecule is COC(=O)c1ccc(Cl)c(NC(=O)CSc2n[nH]c(-c3ccc(NC(C)=O)cc3)n2)c1. The van der Waals surface area contributed by atoms with E-state index in [0.29, 0.717) is 27.4 Å². The number of carbonyl (C=O) groups excluding carboxylic acids is 3. The van der Waals surface area contributed by atoms with Crippen LogP contribution in [0.4, 0.5) is 11.4 Å². The molecule has 3 rings (SSSR count). The number of H-pyrrole nitrogens is 1. The molecule has 1 aromatic heterocycles. The number of nitrogens with zero attached hydrogens (tertiary/aromatic N) is 2. The third kappa shape index (κ3) is 6.06. The maximum absolute atomic E-state index is 12.3. The number of methoxy groups -OCH3 is 1. The fraction of sp³-hybridized carbons (Fsp3) is 0.150. The highest BCUT2D eigenvalue weighted by molar-refractivity contribution is 7.99. The van der Waals surface area contributed by atoms with Gasteiger partial charge in [-0.3, -0.25) is 14.7 Å². The number of thioether (sulfide) groups is 1. The van der Waals surface area contributed by atoms with Crippen molar-refractivity contribution < 1.29 is 19.1 Å². The molecule has 0 fully saturated rings. The molecular weight excluding hydrogens is 442 g/mol. The number of hydrogen-bond donors (Lipinski definition) is 3. The van der Waals surface area contributed by atoms with Crippen LogP contribution in [0.2, 0.25) is 5.02 Å². The molecule has 0 saturated carbocycles. The Kier molecular flexibility index (Phi) is 7.27. The highest BCUT2D eigenvalue weighted by atomic mass is 35.5. The predicted molar refractivity (Wildman–Crippen MR) is 118 cm³/mol. The average Bonchev–Trinajstić information content (AvgIpc) is 3.22. The van der Waals surface area contributed by atoms with Gasteiger partial charge in [0, 0.05) is 18.2 Å². The Labute approximate surface area is 186 Å². The van der Waals surface area contributed by atoms with Crippen molar-refractivity contribution in [2.45, 2.75) is 12.1 Å². The molecule has 2 amide bonds. The number of hydrogen-bond acceptors (Lipinski definition) is 7. The van der Waals surface area contributed by atoms with E-state index in [4.69, 9.17) is 11.6 Å². The van der Waals surface area contributed by atoms with Crippen LogP contribution in [0.3, 0.4) is 0 Å². The molecule has 3 N–H and O–H groups in total. The lowest BCUT2D eigenvalue weighted by atomic mass is 10.2. The number of benzene rings is 2. The molecule has 0 saturated heterocycles. The summed E-state index contributed by atoms with van der Waals surface area (Å²) in [6.07, 6.45) is 0. The first-order valence-electron chi connectivity index (χ1n) is 8.96. The van der Waals surface area contributed by atoms with Gasteiger partial charge in [-0.15, -0.1) is 5.10 Å². The van der Waals surface area contributed by atoms with Gasteiger partial charge in [-0.2, -0.15) is 0 Å². The zero-order valence-corrected chi connectivity index (χ0v) is 18.1. The molecule has 9 nitrogen and oxygen atoms in total. The fourth-order valence-corrected chi connectivity index (χ4v) is 3.30. The molecule has 0 aliphatic heterocycles. The van der Waals surface area contributed by atoms with Gasteiger partial charge in [0.2, 0.25) is 17.0 Å². The maximum atomic E-state index is 12.3. The van der Waals surface area contributed by atoms with Crippen molar-refractivity contribution in [3.63, 3.8) is 0 Å². The number of anilines is 2. The summed E-state index contributed by atoms with van der Waals surface area (Å²) in [6, 6.07) is 11.6. The number of ether oxygens (including phenoxy) is 1. The number of nitrogens with one attached hydrogen (secondary N) is 3. The lowest BCUT2D eigenvalue weighted by molar-refractivity contribution is -0.114. The van der Waals surface area contributed by atoms with E-state index in [1.165, 1.54) is 32.2 Å². The molecule has 31 heavy (non-hydrogen) atoms. The number of aromatic nitrogens is 3. The van der Waals surface area contributed by atoms with Crippen LogP contribution in [-0.2, 0) is 14.3 Å². The first kappa shape index (κ1) is 22.3. The molecule has 0 atom stereocenters. The number of carbonyl (C=O) groups is 3. The second-order valence-electron chi connectivity index (χ2n) is 6.25. The van der Waals surface area contributed by atoms with Crippen LogP contribution in [0.15, 0.2) is 47.6 Å². The van der Waals surface area contributed by atoms with Gasteiger partial charge in [-0.1, -0.05) is 23.4 Å². The van der Waals surface area contributed by atoms with E-state index in [1.54, 1.807) is 24.3 Å². The number of halogens is 1. The summed E-state index contributed by atoms with van der Waals surface area (Å²) >= 11 is 7.23. The van der Waals surface area contributed by atoms with Crippen LogP contribution in [0, 0.1) is 0 Å². The van der Waals surface area contributed by atoms with Crippen LogP contribution in [0.1, 0.15) is 17.3 Å². The van der Waals surface area contributed by atoms with Crippen molar-refractivity contribution in [2.75, 3.05) is 23.5 Å². The minimum absolute atomic E-state index is 0.0392. The summed E-state index contributed by atoms with van der Waals surface area (Å²) < 4.78 is 4.67. The van der Waals surface area contributed by atoms with Crippen LogP contribution < -0.4 is 10.6 Å². The predicted octanol–water partition coefficient (Wildman–Crippen LogP) is 3.60. The lowest BCUT2D eigenvalue weighted by Crippen LogP contribution is -2.15. The number of rotatable bonds is 7. The number of aromatic amines is 1. The van der Waals surface area contributed by atoms with Gasteiger partial charge in [0.05, 0.1) is 29.1 Å². The monoisotopic (exact) mass is 459 g/mol. The van der Waals surface area contributed by atoms with Gasteiger partial charge in [-0.05, 0) is 42.5 Å². The largest absolute Gasteiger partial charge is 0.465 e. The van der Waals surface area contributed by atoms with E-state index in [0.717, 1.165) is 17.3 Å². The van der Waals surface area contributed by atoms with E-state index < -0.39 is 5.97 Å². The Morgan fingerprint density at radius 1 is 1.13 bits per heavy atom. The van der Waals surface area contributed by atoms with Gasteiger partial charge >= 0.3 is 5.97 Å². The lowest BCUT2D eigenvalue weighted by Gasteiger charge is -2.08. The third-order valence-corrected chi connectivity index (χ3v) is 5.11. The molecule has 0 radical (unpaired) electrons. The molecule has 0 bridgehead atoms. The topological polar surface area (TPSA) is 126 Å². The van der Waals surface area contributed by atoms with Crippen molar-refractivity contribution in [3.05, 3.63) is 53.1 Å². The number of amides is 2. The number of esters is 1. The van der Waals surface area contributed by atoms with Crippen LogP contribution in [-0.4, -0.2) is 45.8 Å². The van der Waals surface area contributed by atoms with Gasteiger partial charge in [-0.25, -0.2) is 9.78 Å². The smallest absolute Gasteiger partial charge is 0.337 e. The minimum Gasteiger partial charge on any atom is -0.465 e. The molecule has 0 aliphatic rings. The maximum Gasteiger partial charge on any atom is 0.337 e. The van der Waals surface area contributed by atoms with E-state index in [2.05, 4.69) is 30.6 Å². The fourth-order valence-electron chi connectivity index (χ4n) is 2.54. The molecule has 0 aliphatic carbocycles. The molecule has 2 aromatic carbocycles. The van der Waals surface area contributed by atoms with Crippen molar-refractivity contribution in [2.24, 2.45) is 0 Å². The van der Waals surface area contributed by atoms with Crippen LogP contribution in [0.25, 0.3) is 11.4 Å². The van der Waals surface area contributed by atoms with E-state index in [9.17, 15) is 14.4 Å². The first-order chi connectivity index (χ1) is 14.9. The van der Waals surface area contributed by atoms with Crippen molar-refractivity contribution in [1.82, 2.24) is 15.2 Å². The molecule has 0 unspecified atom stereocenters. The summed E-state index contributed by atoms with van der Waals surface area (Å²) in [4.78, 5) is 39.4. The third-order valence-electron chi connectivity index (χ3n) is 3.94. The zero-order valence-electron chi connectivity index (χ0n) is 16.6. The van der Waals surface area contributed by atoms with Gasteiger partial charge < -0.3 is 15.4 Å². The Morgan fingerprint density at radius 3 is 2.55 bits per heavy atom. The molecule has 11 heteroatoms. The second-order valence-corrected chi connectivity index (χ2v) is 7.60. The quantitative estimate of drug-likeness (QED) is 0.364. The van der Waals surface area contributed by atoms with E-state index in [-0.39, 0.29) is 23.1 Å². The minimum atomic E-state index is -0.528. The van der Waals surface area contributed by atoms with Crippen molar-refractivity contribution >= 4 is 52.5 Å². The van der Waals surface area contributed by atoms with Crippen LogP contribution >= 0.6 is 23.4 Å². The zero-order chi connectivity index (χ0) is 22.4. The van der Waals surface area contributed by atoms with Gasteiger partial charge in [0.15, 0.2) is 5.82 Å². The molecular formula is C20H18ClN5O4S. The molecule has 1 heterocycles. The standard InChI is InChI=1S/C20H18ClN5O4S/c1-11(27)22-14-6-3-12(4-7-14)18-24-20(26-25-18)31-10-17(28)23-16-9-13(19(29)30-2)5-8-15(16)21/h3-9H,10H2,1-2H3,(H,22,27)(H,23,28)(H,24,25,26).